The molecule has 3 aliphatic rings. The van der Waals surface area contributed by atoms with Crippen molar-refractivity contribution in [2.75, 3.05) is 0 Å². The number of fused-ring (bicyclic) bond motifs is 3. The summed E-state index contributed by atoms with van der Waals surface area (Å²) in [7, 11) is 0. The number of carbonyl (C=O) groups is 2. The van der Waals surface area contributed by atoms with E-state index in [-0.39, 0.29) is 12.0 Å². The quantitative estimate of drug-likeness (QED) is 0.423. The van der Waals surface area contributed by atoms with Crippen molar-refractivity contribution < 1.29 is 19.4 Å². The van der Waals surface area contributed by atoms with Crippen molar-refractivity contribution in [3.8, 4) is 0 Å². The first-order valence-corrected chi connectivity index (χ1v) is 7.44. The molecule has 2 fully saturated rings. The average molecular weight is 291 g/mol. The molecule has 1 heterocycles. The SMILES string of the molecule is CC(C)(C)OC(=O)N1C(=O)C(=CO)C2CC3CCC=C3C21. The lowest BCUT2D eigenvalue weighted by Crippen LogP contribution is -2.43. The summed E-state index contributed by atoms with van der Waals surface area (Å²) < 4.78 is 5.37. The summed E-state index contributed by atoms with van der Waals surface area (Å²) in [5.41, 5.74) is 0.845. The number of nitrogens with zero attached hydrogens (tertiary/aromatic N) is 1. The fraction of sp³-hybridized carbons (Fsp3) is 0.625. The largest absolute Gasteiger partial charge is 0.515 e. The van der Waals surface area contributed by atoms with Gasteiger partial charge in [0.2, 0.25) is 0 Å². The summed E-state index contributed by atoms with van der Waals surface area (Å²) in [6, 6.07) is -0.266. The average Bonchev–Trinajstić information content (AvgIpc) is 2.96. The normalized spacial score (nSPS) is 33.2. The van der Waals surface area contributed by atoms with E-state index in [1.807, 2.05) is 0 Å². The van der Waals surface area contributed by atoms with E-state index in [1.165, 1.54) is 4.90 Å². The maximum absolute atomic E-state index is 12.4. The van der Waals surface area contributed by atoms with Crippen LogP contribution >= 0.6 is 0 Å². The van der Waals surface area contributed by atoms with Gasteiger partial charge in [0.05, 0.1) is 17.9 Å². The molecule has 3 atom stereocenters. The Kier molecular flexibility index (Phi) is 3.11. The highest BCUT2D eigenvalue weighted by Crippen LogP contribution is 2.52. The minimum atomic E-state index is -0.652. The van der Waals surface area contributed by atoms with Crippen molar-refractivity contribution in [3.63, 3.8) is 0 Å². The van der Waals surface area contributed by atoms with Crippen LogP contribution in [-0.4, -0.2) is 33.6 Å². The van der Waals surface area contributed by atoms with Gasteiger partial charge in [-0.3, -0.25) is 4.79 Å². The van der Waals surface area contributed by atoms with Crippen molar-refractivity contribution in [2.24, 2.45) is 11.8 Å². The zero-order valence-electron chi connectivity index (χ0n) is 12.6. The van der Waals surface area contributed by atoms with Crippen molar-refractivity contribution in [1.29, 1.82) is 0 Å². The second kappa shape index (κ2) is 4.61. The summed E-state index contributed by atoms with van der Waals surface area (Å²) in [5.74, 6) is -0.0902. The summed E-state index contributed by atoms with van der Waals surface area (Å²) >= 11 is 0. The molecule has 3 unspecified atom stereocenters. The number of allylic oxidation sites excluding steroid dienone is 1. The van der Waals surface area contributed by atoms with E-state index < -0.39 is 17.6 Å². The standard InChI is InChI=1S/C16H21NO4/c1-16(2,3)21-15(20)17-13-10-6-4-5-9(10)7-11(13)12(8-18)14(17)19/h6,8-9,11,13,18H,4-5,7H2,1-3H3. The molecule has 21 heavy (non-hydrogen) atoms. The first-order valence-electron chi connectivity index (χ1n) is 7.44. The van der Waals surface area contributed by atoms with Crippen LogP contribution in [0.15, 0.2) is 23.5 Å². The number of rotatable bonds is 0. The van der Waals surface area contributed by atoms with Gasteiger partial charge in [-0.1, -0.05) is 6.08 Å². The Morgan fingerprint density at radius 3 is 2.81 bits per heavy atom. The molecule has 5 heteroatoms. The summed E-state index contributed by atoms with van der Waals surface area (Å²) in [4.78, 5) is 26.0. The van der Waals surface area contributed by atoms with Crippen molar-refractivity contribution in [2.45, 2.75) is 51.7 Å². The number of ether oxygens (including phenoxy) is 1. The van der Waals surface area contributed by atoms with Crippen LogP contribution in [0, 0.1) is 11.8 Å². The van der Waals surface area contributed by atoms with Crippen LogP contribution in [0.2, 0.25) is 0 Å². The van der Waals surface area contributed by atoms with Gasteiger partial charge in [-0.2, -0.15) is 0 Å². The number of aliphatic hydroxyl groups is 1. The maximum atomic E-state index is 12.4. The Morgan fingerprint density at radius 1 is 1.48 bits per heavy atom. The molecule has 0 radical (unpaired) electrons. The monoisotopic (exact) mass is 291 g/mol. The van der Waals surface area contributed by atoms with Crippen LogP contribution < -0.4 is 0 Å². The summed E-state index contributed by atoms with van der Waals surface area (Å²) in [5, 5.41) is 9.40. The second-order valence-electron chi connectivity index (χ2n) is 7.01. The summed E-state index contributed by atoms with van der Waals surface area (Å²) in [6.07, 6.45) is 5.28. The Morgan fingerprint density at radius 2 is 2.19 bits per heavy atom. The molecular formula is C16H21NO4. The number of imide groups is 1. The molecule has 0 aromatic heterocycles. The lowest BCUT2D eigenvalue weighted by atomic mass is 9.96. The van der Waals surface area contributed by atoms with Crippen LogP contribution in [0.5, 0.6) is 0 Å². The van der Waals surface area contributed by atoms with E-state index in [1.54, 1.807) is 20.8 Å². The van der Waals surface area contributed by atoms with Gasteiger partial charge < -0.3 is 9.84 Å². The van der Waals surface area contributed by atoms with Crippen molar-refractivity contribution in [3.05, 3.63) is 23.5 Å². The molecule has 0 aromatic carbocycles. The van der Waals surface area contributed by atoms with Crippen LogP contribution in [0.25, 0.3) is 0 Å². The molecule has 0 spiro atoms. The number of aliphatic hydroxyl groups excluding tert-OH is 1. The zero-order chi connectivity index (χ0) is 15.4. The van der Waals surface area contributed by atoms with Crippen LogP contribution in [-0.2, 0) is 9.53 Å². The minimum Gasteiger partial charge on any atom is -0.515 e. The topological polar surface area (TPSA) is 66.8 Å². The summed E-state index contributed by atoms with van der Waals surface area (Å²) in [6.45, 7) is 5.33. The van der Waals surface area contributed by atoms with Crippen LogP contribution in [0.3, 0.4) is 0 Å². The molecule has 2 amide bonds. The first-order chi connectivity index (χ1) is 9.83. The highest BCUT2D eigenvalue weighted by Gasteiger charge is 2.56. The van der Waals surface area contributed by atoms with Gasteiger partial charge in [0.15, 0.2) is 0 Å². The van der Waals surface area contributed by atoms with Gasteiger partial charge in [0.1, 0.15) is 5.60 Å². The number of likely N-dealkylation sites (tertiary alicyclic amines) is 1. The Hall–Kier alpha value is -1.78. The second-order valence-corrected chi connectivity index (χ2v) is 7.01. The third-order valence-electron chi connectivity index (χ3n) is 4.50. The molecule has 5 nitrogen and oxygen atoms in total. The number of hydrogen-bond donors (Lipinski definition) is 1. The van der Waals surface area contributed by atoms with E-state index in [4.69, 9.17) is 4.74 Å². The molecule has 2 aliphatic carbocycles. The smallest absolute Gasteiger partial charge is 0.417 e. The fourth-order valence-electron chi connectivity index (χ4n) is 3.78. The molecular weight excluding hydrogens is 270 g/mol. The lowest BCUT2D eigenvalue weighted by Gasteiger charge is -2.27. The van der Waals surface area contributed by atoms with Crippen molar-refractivity contribution in [1.82, 2.24) is 4.90 Å². The zero-order valence-corrected chi connectivity index (χ0v) is 12.6. The predicted molar refractivity (Wildman–Crippen MR) is 76.5 cm³/mol. The maximum Gasteiger partial charge on any atom is 0.417 e. The van der Waals surface area contributed by atoms with E-state index in [9.17, 15) is 14.7 Å². The van der Waals surface area contributed by atoms with Gasteiger partial charge in [0, 0.05) is 5.92 Å². The van der Waals surface area contributed by atoms with E-state index in [2.05, 4.69) is 6.08 Å². The Labute approximate surface area is 124 Å². The molecule has 1 aliphatic heterocycles. The van der Waals surface area contributed by atoms with Gasteiger partial charge in [-0.05, 0) is 51.5 Å². The molecule has 0 bridgehead atoms. The Bertz CT molecular complexity index is 555. The number of amides is 2. The molecule has 114 valence electrons. The fourth-order valence-corrected chi connectivity index (χ4v) is 3.78. The van der Waals surface area contributed by atoms with Gasteiger partial charge in [0.25, 0.3) is 5.91 Å². The number of hydrogen-bond acceptors (Lipinski definition) is 4. The highest BCUT2D eigenvalue weighted by atomic mass is 16.6. The predicted octanol–water partition coefficient (Wildman–Crippen LogP) is 2.93. The first kappa shape index (κ1) is 14.2. The molecule has 1 saturated heterocycles. The lowest BCUT2D eigenvalue weighted by molar-refractivity contribution is -0.125. The van der Waals surface area contributed by atoms with Crippen LogP contribution in [0.1, 0.15) is 40.0 Å². The van der Waals surface area contributed by atoms with Crippen molar-refractivity contribution >= 4 is 12.0 Å². The highest BCUT2D eigenvalue weighted by molar-refractivity contribution is 6.06. The third-order valence-corrected chi connectivity index (χ3v) is 4.50. The number of carbonyl (C=O) groups excluding carboxylic acids is 2. The molecule has 1 saturated carbocycles. The molecule has 0 aromatic rings. The third kappa shape index (κ3) is 2.15. The van der Waals surface area contributed by atoms with Gasteiger partial charge in [-0.15, -0.1) is 0 Å². The van der Waals surface area contributed by atoms with Crippen LogP contribution in [0.4, 0.5) is 4.79 Å². The molecule has 1 N–H and O–H groups in total. The van der Waals surface area contributed by atoms with E-state index in [0.717, 1.165) is 31.1 Å². The Balaban J connectivity index is 1.95. The van der Waals surface area contributed by atoms with Gasteiger partial charge >= 0.3 is 6.09 Å². The van der Waals surface area contributed by atoms with Gasteiger partial charge in [-0.25, -0.2) is 9.69 Å². The van der Waals surface area contributed by atoms with E-state index in [0.29, 0.717) is 11.5 Å². The molecule has 3 rings (SSSR count). The van der Waals surface area contributed by atoms with E-state index >= 15 is 0 Å². The minimum absolute atomic E-state index is 0.0911.